The molecule has 0 radical (unpaired) electrons. The molecule has 20 heavy (non-hydrogen) atoms. The van der Waals surface area contributed by atoms with Crippen molar-refractivity contribution in [3.8, 4) is 0 Å². The molecule has 0 aromatic rings. The molecule has 9 heteroatoms. The Balaban J connectivity index is 2.54. The van der Waals surface area contributed by atoms with Crippen molar-refractivity contribution < 1.29 is 45.2 Å². The van der Waals surface area contributed by atoms with Crippen LogP contribution in [-0.2, 0) is 9.47 Å². The summed E-state index contributed by atoms with van der Waals surface area (Å²) in [5.41, 5.74) is 0. The third-order valence-electron chi connectivity index (χ3n) is 3.17. The van der Waals surface area contributed by atoms with Crippen molar-refractivity contribution in [2.24, 2.45) is 0 Å². The van der Waals surface area contributed by atoms with Crippen LogP contribution in [0.25, 0.3) is 0 Å². The highest BCUT2D eigenvalue weighted by molar-refractivity contribution is 4.89. The predicted molar refractivity (Wildman–Crippen MR) is 63.4 cm³/mol. The summed E-state index contributed by atoms with van der Waals surface area (Å²) in [6.45, 7) is 0.208. The first kappa shape index (κ1) is 17.7. The van der Waals surface area contributed by atoms with E-state index in [1.807, 2.05) is 0 Å². The largest absolute Gasteiger partial charge is 0.394 e. The molecule has 0 aromatic carbocycles. The smallest absolute Gasteiger partial charge is 0.186 e. The highest BCUT2D eigenvalue weighted by atomic mass is 16.7. The Kier molecular flexibility index (Phi) is 6.72. The van der Waals surface area contributed by atoms with E-state index in [1.54, 1.807) is 0 Å². The Morgan fingerprint density at radius 3 is 2.15 bits per heavy atom. The van der Waals surface area contributed by atoms with Gasteiger partial charge in [0.15, 0.2) is 6.29 Å². The van der Waals surface area contributed by atoms with Gasteiger partial charge in [-0.05, 0) is 6.92 Å². The molecule has 1 aliphatic heterocycles. The van der Waals surface area contributed by atoms with Gasteiger partial charge in [0.05, 0.1) is 19.3 Å². The average Bonchev–Trinajstić information content (AvgIpc) is 2.42. The minimum absolute atomic E-state index is 0.477. The predicted octanol–water partition coefficient (Wildman–Crippen LogP) is -4.09. The van der Waals surface area contributed by atoms with Crippen molar-refractivity contribution in [3.63, 3.8) is 0 Å². The fourth-order valence-electron chi connectivity index (χ4n) is 1.82. The van der Waals surface area contributed by atoms with Crippen molar-refractivity contribution in [3.05, 3.63) is 0 Å². The van der Waals surface area contributed by atoms with Crippen LogP contribution in [0.5, 0.6) is 0 Å². The van der Waals surface area contributed by atoms with Gasteiger partial charge in [-0.1, -0.05) is 0 Å². The first-order valence-corrected chi connectivity index (χ1v) is 6.26. The standard InChI is InChI=1S/C11H22O9/c1-4(13)7(15)5(14)3-19-11-10(18)9(17)8(16)6(2-12)20-11/h4-18H,2-3H2,1H3/t4-,5-,6?,7+,8-,9?,10?,11+/m1/s1. The molecular formula is C11H22O9. The first-order valence-electron chi connectivity index (χ1n) is 6.26. The second kappa shape index (κ2) is 7.59. The van der Waals surface area contributed by atoms with Crippen LogP contribution >= 0.6 is 0 Å². The Hall–Kier alpha value is -0.360. The summed E-state index contributed by atoms with van der Waals surface area (Å²) in [4.78, 5) is 0. The number of aliphatic hydroxyl groups excluding tert-OH is 7. The van der Waals surface area contributed by atoms with E-state index in [1.165, 1.54) is 6.92 Å². The molecule has 9 nitrogen and oxygen atoms in total. The van der Waals surface area contributed by atoms with E-state index in [4.69, 9.17) is 19.7 Å². The van der Waals surface area contributed by atoms with Crippen LogP contribution in [-0.4, -0.2) is 98.0 Å². The molecular weight excluding hydrogens is 276 g/mol. The zero-order valence-electron chi connectivity index (χ0n) is 11.0. The van der Waals surface area contributed by atoms with Gasteiger partial charge in [0.2, 0.25) is 0 Å². The molecule has 8 atom stereocenters. The van der Waals surface area contributed by atoms with Crippen LogP contribution in [0.4, 0.5) is 0 Å². The van der Waals surface area contributed by atoms with Crippen LogP contribution in [0.3, 0.4) is 0 Å². The van der Waals surface area contributed by atoms with Crippen molar-refractivity contribution in [1.29, 1.82) is 0 Å². The number of rotatable bonds is 6. The molecule has 0 spiro atoms. The monoisotopic (exact) mass is 298 g/mol. The number of aliphatic hydroxyl groups is 7. The van der Waals surface area contributed by atoms with E-state index >= 15 is 0 Å². The fraction of sp³-hybridized carbons (Fsp3) is 1.00. The lowest BCUT2D eigenvalue weighted by atomic mass is 9.99. The molecule has 120 valence electrons. The van der Waals surface area contributed by atoms with E-state index in [-0.39, 0.29) is 0 Å². The van der Waals surface area contributed by atoms with Gasteiger partial charge in [-0.25, -0.2) is 0 Å². The number of hydrogen-bond acceptors (Lipinski definition) is 9. The van der Waals surface area contributed by atoms with Gasteiger partial charge in [0.25, 0.3) is 0 Å². The highest BCUT2D eigenvalue weighted by Gasteiger charge is 2.44. The topological polar surface area (TPSA) is 160 Å². The molecule has 1 aliphatic rings. The third-order valence-corrected chi connectivity index (χ3v) is 3.17. The molecule has 1 saturated heterocycles. The third kappa shape index (κ3) is 4.07. The van der Waals surface area contributed by atoms with E-state index < -0.39 is 62.2 Å². The van der Waals surface area contributed by atoms with E-state index in [9.17, 15) is 25.5 Å². The minimum Gasteiger partial charge on any atom is -0.394 e. The number of hydrogen-bond donors (Lipinski definition) is 7. The molecule has 0 amide bonds. The van der Waals surface area contributed by atoms with Crippen LogP contribution in [0.15, 0.2) is 0 Å². The van der Waals surface area contributed by atoms with Crippen LogP contribution < -0.4 is 0 Å². The molecule has 3 unspecified atom stereocenters. The maximum absolute atomic E-state index is 9.65. The lowest BCUT2D eigenvalue weighted by Gasteiger charge is -2.39. The molecule has 1 heterocycles. The van der Waals surface area contributed by atoms with Crippen molar-refractivity contribution >= 4 is 0 Å². The summed E-state index contributed by atoms with van der Waals surface area (Å²) in [6, 6.07) is 0. The van der Waals surface area contributed by atoms with Gasteiger partial charge in [-0.3, -0.25) is 0 Å². The molecule has 0 aromatic heterocycles. The molecule has 7 N–H and O–H groups in total. The Labute approximate surface area is 115 Å². The Morgan fingerprint density at radius 2 is 1.65 bits per heavy atom. The zero-order chi connectivity index (χ0) is 15.4. The Morgan fingerprint density at radius 1 is 1.05 bits per heavy atom. The normalized spacial score (nSPS) is 39.3. The van der Waals surface area contributed by atoms with Crippen LogP contribution in [0.1, 0.15) is 6.92 Å². The second-order valence-corrected chi connectivity index (χ2v) is 4.83. The van der Waals surface area contributed by atoms with E-state index in [0.717, 1.165) is 0 Å². The molecule has 1 fully saturated rings. The van der Waals surface area contributed by atoms with Gasteiger partial charge in [0.1, 0.15) is 36.6 Å². The quantitative estimate of drug-likeness (QED) is 0.258. The maximum Gasteiger partial charge on any atom is 0.186 e. The summed E-state index contributed by atoms with van der Waals surface area (Å²) >= 11 is 0. The van der Waals surface area contributed by atoms with Gasteiger partial charge in [0, 0.05) is 0 Å². The van der Waals surface area contributed by atoms with Gasteiger partial charge < -0.3 is 45.2 Å². The summed E-state index contributed by atoms with van der Waals surface area (Å²) in [7, 11) is 0. The highest BCUT2D eigenvalue weighted by Crippen LogP contribution is 2.22. The fourth-order valence-corrected chi connectivity index (χ4v) is 1.82. The molecule has 0 aliphatic carbocycles. The molecule has 1 rings (SSSR count). The van der Waals surface area contributed by atoms with E-state index in [0.29, 0.717) is 0 Å². The lowest BCUT2D eigenvalue weighted by molar-refractivity contribution is -0.306. The summed E-state index contributed by atoms with van der Waals surface area (Å²) in [5.74, 6) is 0. The number of ether oxygens (including phenoxy) is 2. The van der Waals surface area contributed by atoms with Gasteiger partial charge in [-0.2, -0.15) is 0 Å². The van der Waals surface area contributed by atoms with Crippen LogP contribution in [0, 0.1) is 0 Å². The van der Waals surface area contributed by atoms with Crippen molar-refractivity contribution in [1.82, 2.24) is 0 Å². The van der Waals surface area contributed by atoms with Gasteiger partial charge in [-0.15, -0.1) is 0 Å². The maximum atomic E-state index is 9.65. The second-order valence-electron chi connectivity index (χ2n) is 4.83. The lowest BCUT2D eigenvalue weighted by Crippen LogP contribution is -2.59. The molecule has 0 saturated carbocycles. The van der Waals surface area contributed by atoms with Crippen LogP contribution in [0.2, 0.25) is 0 Å². The summed E-state index contributed by atoms with van der Waals surface area (Å²) in [6.07, 6.45) is -11.2. The zero-order valence-corrected chi connectivity index (χ0v) is 11.0. The van der Waals surface area contributed by atoms with Crippen molar-refractivity contribution in [2.75, 3.05) is 13.2 Å². The summed E-state index contributed by atoms with van der Waals surface area (Å²) < 4.78 is 10.0. The van der Waals surface area contributed by atoms with E-state index in [2.05, 4.69) is 0 Å². The summed E-state index contributed by atoms with van der Waals surface area (Å²) in [5, 5.41) is 65.6. The van der Waals surface area contributed by atoms with Crippen molar-refractivity contribution in [2.45, 2.75) is 55.9 Å². The average molecular weight is 298 g/mol. The minimum atomic E-state index is -1.58. The Bertz CT molecular complexity index is 285. The molecule has 0 bridgehead atoms. The first-order chi connectivity index (χ1) is 9.29. The van der Waals surface area contributed by atoms with Gasteiger partial charge >= 0.3 is 0 Å². The SMILES string of the molecule is C[C@@H](O)[C@H](O)[C@H](O)CO[C@H]1OC(CO)[C@@H](O)C(O)C1O.